The molecule has 0 saturated heterocycles. The number of aryl methyl sites for hydroxylation is 1. The molecule has 0 saturated carbocycles. The van der Waals surface area contributed by atoms with Gasteiger partial charge in [-0.15, -0.1) is 0 Å². The Morgan fingerprint density at radius 3 is 2.61 bits per heavy atom. The summed E-state index contributed by atoms with van der Waals surface area (Å²) in [6.45, 7) is 6.37. The Kier molecular flexibility index (Phi) is 6.54. The van der Waals surface area contributed by atoms with Gasteiger partial charge in [-0.05, 0) is 37.1 Å². The molecule has 31 heavy (non-hydrogen) atoms. The van der Waals surface area contributed by atoms with Gasteiger partial charge in [0, 0.05) is 25.0 Å². The molecule has 0 unspecified atom stereocenters. The zero-order valence-corrected chi connectivity index (χ0v) is 19.5. The number of nitrogens with zero attached hydrogens (tertiary/aromatic N) is 4. The van der Waals surface area contributed by atoms with E-state index in [0.29, 0.717) is 40.2 Å². The van der Waals surface area contributed by atoms with Crippen LogP contribution in [0.15, 0.2) is 30.5 Å². The van der Waals surface area contributed by atoms with Crippen molar-refractivity contribution in [3.8, 4) is 11.6 Å². The summed E-state index contributed by atoms with van der Waals surface area (Å²) in [7, 11) is -1.21. The highest BCUT2D eigenvalue weighted by atomic mass is 35.5. The Hall–Kier alpha value is -2.69. The van der Waals surface area contributed by atoms with Crippen LogP contribution in [0, 0.1) is 12.8 Å². The highest BCUT2D eigenvalue weighted by molar-refractivity contribution is 7.87. The van der Waals surface area contributed by atoms with E-state index in [2.05, 4.69) is 10.1 Å². The number of hydrogen-bond acceptors (Lipinski definition) is 6. The highest BCUT2D eigenvalue weighted by Crippen LogP contribution is 2.28. The second kappa shape index (κ2) is 8.81. The van der Waals surface area contributed by atoms with Crippen LogP contribution in [0.1, 0.15) is 29.9 Å². The number of rotatable bonds is 7. The monoisotopic (exact) mass is 465 g/mol. The van der Waals surface area contributed by atoms with E-state index in [0.717, 1.165) is 9.82 Å². The Bertz CT molecular complexity index is 1240. The molecule has 1 aromatic carbocycles. The maximum absolute atomic E-state index is 12.4. The van der Waals surface area contributed by atoms with Crippen LogP contribution >= 0.6 is 11.6 Å². The Morgan fingerprint density at radius 1 is 1.29 bits per heavy atom. The molecule has 1 N–H and O–H groups in total. The first-order valence-electron chi connectivity index (χ1n) is 9.52. The van der Waals surface area contributed by atoms with E-state index in [4.69, 9.17) is 16.3 Å². The van der Waals surface area contributed by atoms with E-state index >= 15 is 0 Å². The molecule has 0 atom stereocenters. The molecule has 3 aromatic rings. The van der Waals surface area contributed by atoms with Crippen molar-refractivity contribution in [2.45, 2.75) is 20.8 Å². The lowest BCUT2D eigenvalue weighted by atomic mass is 10.1. The molecule has 0 radical (unpaired) electrons. The topological polar surface area (TPSA) is 106 Å². The Labute approximate surface area is 186 Å². The number of pyridine rings is 1. The number of nitrogens with one attached hydrogen (secondary N) is 1. The van der Waals surface area contributed by atoms with Crippen LogP contribution in [-0.2, 0) is 10.2 Å². The number of aromatic nitrogens is 3. The lowest BCUT2D eigenvalue weighted by Gasteiger charge is -2.12. The lowest BCUT2D eigenvalue weighted by Crippen LogP contribution is -2.39. The van der Waals surface area contributed by atoms with Crippen LogP contribution in [0.4, 0.5) is 0 Å². The van der Waals surface area contributed by atoms with Crippen molar-refractivity contribution in [1.82, 2.24) is 23.8 Å². The summed E-state index contributed by atoms with van der Waals surface area (Å²) in [5.74, 6) is -0.0261. The van der Waals surface area contributed by atoms with Crippen molar-refractivity contribution >= 4 is 38.6 Å². The number of ether oxygens (including phenoxy) is 1. The SMILES string of the molecule is Cc1nn(-c2cnc(OCC(C)C)c(Cl)c2)c2ccc(C(=O)NS(=O)(=O)N(C)C)cc12. The lowest BCUT2D eigenvalue weighted by molar-refractivity contribution is 0.0980. The molecule has 0 spiro atoms. The first-order valence-corrected chi connectivity index (χ1v) is 11.3. The molecular weight excluding hydrogens is 442 g/mol. The second-order valence-electron chi connectivity index (χ2n) is 7.63. The summed E-state index contributed by atoms with van der Waals surface area (Å²) in [6.07, 6.45) is 1.61. The Morgan fingerprint density at radius 2 is 2.00 bits per heavy atom. The Balaban J connectivity index is 1.94. The van der Waals surface area contributed by atoms with E-state index in [1.54, 1.807) is 36.0 Å². The summed E-state index contributed by atoms with van der Waals surface area (Å²) in [4.78, 5) is 16.7. The third kappa shape index (κ3) is 4.97. The largest absolute Gasteiger partial charge is 0.476 e. The number of carbonyl (C=O) groups excluding carboxylic acids is 1. The molecule has 9 nitrogen and oxygen atoms in total. The van der Waals surface area contributed by atoms with Crippen LogP contribution < -0.4 is 9.46 Å². The molecule has 0 fully saturated rings. The van der Waals surface area contributed by atoms with E-state index in [9.17, 15) is 13.2 Å². The van der Waals surface area contributed by atoms with Gasteiger partial charge in [0.05, 0.1) is 29.7 Å². The summed E-state index contributed by atoms with van der Waals surface area (Å²) >= 11 is 6.33. The first kappa shape index (κ1) is 23.0. The van der Waals surface area contributed by atoms with Gasteiger partial charge in [-0.1, -0.05) is 25.4 Å². The molecule has 0 bridgehead atoms. The maximum atomic E-state index is 12.4. The standard InChI is InChI=1S/C20H24ClN5O4S/c1-12(2)11-30-20-17(21)9-15(10-22-20)26-18-7-6-14(8-16(18)13(3)23-26)19(27)24-31(28,29)25(4)5/h6-10,12H,11H2,1-5H3,(H,24,27). The fraction of sp³-hybridized carbons (Fsp3) is 0.350. The van der Waals surface area contributed by atoms with Crippen molar-refractivity contribution in [2.75, 3.05) is 20.7 Å². The van der Waals surface area contributed by atoms with Gasteiger partial charge in [-0.2, -0.15) is 17.8 Å². The van der Waals surface area contributed by atoms with E-state index in [1.165, 1.54) is 20.2 Å². The zero-order chi connectivity index (χ0) is 22.9. The molecule has 0 aliphatic carbocycles. The fourth-order valence-electron chi connectivity index (χ4n) is 2.76. The summed E-state index contributed by atoms with van der Waals surface area (Å²) in [6, 6.07) is 6.55. The molecular formula is C20H24ClN5O4S. The van der Waals surface area contributed by atoms with Gasteiger partial charge >= 0.3 is 10.2 Å². The number of fused-ring (bicyclic) bond motifs is 1. The van der Waals surface area contributed by atoms with E-state index in [-0.39, 0.29) is 5.56 Å². The minimum absolute atomic E-state index is 0.203. The first-order chi connectivity index (χ1) is 14.5. The molecule has 2 aromatic heterocycles. The fourth-order valence-corrected chi connectivity index (χ4v) is 3.51. The average molecular weight is 466 g/mol. The van der Waals surface area contributed by atoms with Crippen molar-refractivity contribution in [3.63, 3.8) is 0 Å². The quantitative estimate of drug-likeness (QED) is 0.575. The summed E-state index contributed by atoms with van der Waals surface area (Å²) in [5.41, 5.74) is 2.22. The molecule has 3 rings (SSSR count). The number of amides is 1. The van der Waals surface area contributed by atoms with Gasteiger partial charge in [0.2, 0.25) is 5.88 Å². The molecule has 166 valence electrons. The molecule has 11 heteroatoms. The van der Waals surface area contributed by atoms with Gasteiger partial charge in [0.1, 0.15) is 5.02 Å². The van der Waals surface area contributed by atoms with Gasteiger partial charge < -0.3 is 4.74 Å². The maximum Gasteiger partial charge on any atom is 0.303 e. The minimum atomic E-state index is -3.89. The van der Waals surface area contributed by atoms with Crippen LogP contribution in [0.25, 0.3) is 16.6 Å². The second-order valence-corrected chi connectivity index (χ2v) is 9.92. The van der Waals surface area contributed by atoms with Gasteiger partial charge in [-0.3, -0.25) is 4.79 Å². The van der Waals surface area contributed by atoms with Crippen LogP contribution in [0.2, 0.25) is 5.02 Å². The normalized spacial score (nSPS) is 12.0. The van der Waals surface area contributed by atoms with E-state index in [1.807, 2.05) is 18.6 Å². The van der Waals surface area contributed by atoms with Crippen molar-refractivity contribution in [2.24, 2.45) is 5.92 Å². The number of carbonyl (C=O) groups is 1. The van der Waals surface area contributed by atoms with Crippen LogP contribution in [0.5, 0.6) is 5.88 Å². The van der Waals surface area contributed by atoms with Crippen molar-refractivity contribution in [1.29, 1.82) is 0 Å². The average Bonchev–Trinajstić information content (AvgIpc) is 3.02. The molecule has 1 amide bonds. The highest BCUT2D eigenvalue weighted by Gasteiger charge is 2.20. The van der Waals surface area contributed by atoms with Gasteiger partial charge in [0.25, 0.3) is 5.91 Å². The van der Waals surface area contributed by atoms with Crippen LogP contribution in [-0.4, -0.2) is 54.1 Å². The van der Waals surface area contributed by atoms with Crippen molar-refractivity contribution in [3.05, 3.63) is 46.7 Å². The number of hydrogen-bond donors (Lipinski definition) is 1. The zero-order valence-electron chi connectivity index (χ0n) is 17.9. The van der Waals surface area contributed by atoms with E-state index < -0.39 is 16.1 Å². The van der Waals surface area contributed by atoms with Crippen molar-refractivity contribution < 1.29 is 17.9 Å². The molecule has 0 aliphatic rings. The van der Waals surface area contributed by atoms with Gasteiger partial charge in [-0.25, -0.2) is 14.4 Å². The molecule has 0 aliphatic heterocycles. The third-order valence-corrected chi connectivity index (χ3v) is 6.10. The summed E-state index contributed by atoms with van der Waals surface area (Å²) < 4.78 is 34.1. The van der Waals surface area contributed by atoms with Crippen LogP contribution in [0.3, 0.4) is 0 Å². The number of benzene rings is 1. The van der Waals surface area contributed by atoms with Gasteiger partial charge in [0.15, 0.2) is 0 Å². The summed E-state index contributed by atoms with van der Waals surface area (Å²) in [5, 5.41) is 5.59. The predicted octanol–water partition coefficient (Wildman–Crippen LogP) is 2.95. The predicted molar refractivity (Wildman–Crippen MR) is 119 cm³/mol. The minimum Gasteiger partial charge on any atom is -0.476 e. The third-order valence-electron chi connectivity index (χ3n) is 4.42. The number of halogens is 1. The molecule has 2 heterocycles. The smallest absolute Gasteiger partial charge is 0.303 e.